The van der Waals surface area contributed by atoms with Crippen LogP contribution in [0.25, 0.3) is 0 Å². The maximum Gasteiger partial charge on any atom is 0.170 e. The Balaban J connectivity index is 1.75. The number of nitrogens with zero attached hydrogens (tertiary/aromatic N) is 1. The van der Waals surface area contributed by atoms with E-state index in [1.165, 1.54) is 0 Å². The number of aliphatic hydroxyl groups excluding tert-OH is 1. The van der Waals surface area contributed by atoms with Crippen molar-refractivity contribution in [3.8, 4) is 0 Å². The summed E-state index contributed by atoms with van der Waals surface area (Å²) in [5.74, 6) is 0.256. The maximum atomic E-state index is 9.81. The van der Waals surface area contributed by atoms with Crippen LogP contribution in [0.1, 0.15) is 6.42 Å². The predicted molar refractivity (Wildman–Crippen MR) is 55.3 cm³/mol. The number of nitrogens with two attached hydrogens (primary N) is 1. The van der Waals surface area contributed by atoms with Crippen LogP contribution in [0, 0.1) is 5.92 Å². The van der Waals surface area contributed by atoms with Gasteiger partial charge in [0.2, 0.25) is 0 Å². The van der Waals surface area contributed by atoms with Gasteiger partial charge in [0.1, 0.15) is 0 Å². The Morgan fingerprint density at radius 3 is 2.67 bits per heavy atom. The van der Waals surface area contributed by atoms with E-state index < -0.39 is 0 Å². The molecule has 2 aliphatic heterocycles. The summed E-state index contributed by atoms with van der Waals surface area (Å²) in [6.07, 6.45) is 0.557. The molecule has 0 aromatic heterocycles. The van der Waals surface area contributed by atoms with Gasteiger partial charge < -0.3 is 20.3 Å². The van der Waals surface area contributed by atoms with Crippen molar-refractivity contribution < 1.29 is 14.6 Å². The summed E-state index contributed by atoms with van der Waals surface area (Å²) in [6.45, 7) is 4.37. The Morgan fingerprint density at radius 1 is 1.33 bits per heavy atom. The second-order valence-corrected chi connectivity index (χ2v) is 4.28. The molecule has 15 heavy (non-hydrogen) atoms. The predicted octanol–water partition coefficient (Wildman–Crippen LogP) is -0.999. The van der Waals surface area contributed by atoms with Crippen LogP contribution < -0.4 is 5.73 Å². The molecule has 5 nitrogen and oxygen atoms in total. The van der Waals surface area contributed by atoms with E-state index in [9.17, 15) is 5.11 Å². The Hall–Kier alpha value is -0.200. The topological polar surface area (TPSA) is 68.0 Å². The number of ether oxygens (including phenoxy) is 2. The lowest BCUT2D eigenvalue weighted by Crippen LogP contribution is -2.48. The van der Waals surface area contributed by atoms with Crippen molar-refractivity contribution >= 4 is 0 Å². The number of aliphatic hydroxyl groups is 1. The van der Waals surface area contributed by atoms with Gasteiger partial charge in [0, 0.05) is 13.1 Å². The minimum atomic E-state index is -0.301. The third-order valence-electron chi connectivity index (χ3n) is 3.21. The molecule has 0 saturated carbocycles. The summed E-state index contributed by atoms with van der Waals surface area (Å²) >= 11 is 0. The lowest BCUT2D eigenvalue weighted by molar-refractivity contribution is -0.0777. The first-order valence-electron chi connectivity index (χ1n) is 5.63. The zero-order chi connectivity index (χ0) is 10.7. The molecule has 3 N–H and O–H groups in total. The molecule has 0 amide bonds. The SMILES string of the molecule is NCC1CCN(CC2OCCO2)C[C@H]1O. The molecule has 2 heterocycles. The van der Waals surface area contributed by atoms with Crippen LogP contribution in [0.5, 0.6) is 0 Å². The standard InChI is InChI=1S/C10H20N2O3/c11-5-8-1-2-12(6-9(8)13)7-10-14-3-4-15-10/h8-10,13H,1-7,11H2/t8?,9-/m1/s1. The fourth-order valence-corrected chi connectivity index (χ4v) is 2.21. The molecule has 88 valence electrons. The van der Waals surface area contributed by atoms with E-state index in [0.717, 1.165) is 19.5 Å². The second-order valence-electron chi connectivity index (χ2n) is 4.28. The monoisotopic (exact) mass is 216 g/mol. The molecule has 0 radical (unpaired) electrons. The van der Waals surface area contributed by atoms with Crippen LogP contribution in [0.2, 0.25) is 0 Å². The van der Waals surface area contributed by atoms with Crippen molar-refractivity contribution in [3.63, 3.8) is 0 Å². The van der Waals surface area contributed by atoms with Gasteiger partial charge in [-0.3, -0.25) is 4.90 Å². The molecule has 1 unspecified atom stereocenters. The fraction of sp³-hybridized carbons (Fsp3) is 1.00. The lowest BCUT2D eigenvalue weighted by Gasteiger charge is -2.36. The molecule has 2 aliphatic rings. The van der Waals surface area contributed by atoms with E-state index in [0.29, 0.717) is 26.3 Å². The molecular formula is C10H20N2O3. The number of rotatable bonds is 3. The number of hydrogen-bond donors (Lipinski definition) is 2. The zero-order valence-electron chi connectivity index (χ0n) is 8.97. The van der Waals surface area contributed by atoms with Crippen molar-refractivity contribution in [1.82, 2.24) is 4.90 Å². The highest BCUT2D eigenvalue weighted by molar-refractivity contribution is 4.81. The van der Waals surface area contributed by atoms with Crippen molar-refractivity contribution in [2.45, 2.75) is 18.8 Å². The van der Waals surface area contributed by atoms with Gasteiger partial charge in [-0.25, -0.2) is 0 Å². The van der Waals surface area contributed by atoms with Gasteiger partial charge in [0.05, 0.1) is 19.3 Å². The van der Waals surface area contributed by atoms with Crippen molar-refractivity contribution in [1.29, 1.82) is 0 Å². The van der Waals surface area contributed by atoms with Gasteiger partial charge in [0.25, 0.3) is 0 Å². The average molecular weight is 216 g/mol. The first-order chi connectivity index (χ1) is 7.29. The Bertz CT molecular complexity index is 197. The highest BCUT2D eigenvalue weighted by Gasteiger charge is 2.29. The van der Waals surface area contributed by atoms with Gasteiger partial charge in [-0.1, -0.05) is 0 Å². The summed E-state index contributed by atoms with van der Waals surface area (Å²) in [7, 11) is 0. The van der Waals surface area contributed by atoms with E-state index in [-0.39, 0.29) is 18.3 Å². The molecule has 0 spiro atoms. The first kappa shape index (κ1) is 11.3. The van der Waals surface area contributed by atoms with Gasteiger partial charge in [0.15, 0.2) is 6.29 Å². The van der Waals surface area contributed by atoms with Crippen molar-refractivity contribution in [2.75, 3.05) is 39.4 Å². The van der Waals surface area contributed by atoms with Gasteiger partial charge in [-0.05, 0) is 25.4 Å². The summed E-state index contributed by atoms with van der Waals surface area (Å²) in [4.78, 5) is 2.19. The summed E-state index contributed by atoms with van der Waals surface area (Å²) in [5, 5.41) is 9.81. The van der Waals surface area contributed by atoms with Gasteiger partial charge in [-0.15, -0.1) is 0 Å². The largest absolute Gasteiger partial charge is 0.391 e. The lowest BCUT2D eigenvalue weighted by atomic mass is 9.94. The average Bonchev–Trinajstić information content (AvgIpc) is 2.71. The highest BCUT2D eigenvalue weighted by atomic mass is 16.7. The van der Waals surface area contributed by atoms with Crippen LogP contribution in [-0.2, 0) is 9.47 Å². The smallest absolute Gasteiger partial charge is 0.170 e. The molecule has 2 fully saturated rings. The molecule has 2 saturated heterocycles. The van der Waals surface area contributed by atoms with E-state index in [1.54, 1.807) is 0 Å². The maximum absolute atomic E-state index is 9.81. The Kier molecular flexibility index (Phi) is 3.93. The Labute approximate surface area is 90.1 Å². The molecule has 0 aromatic carbocycles. The first-order valence-corrected chi connectivity index (χ1v) is 5.63. The third kappa shape index (κ3) is 2.89. The quantitative estimate of drug-likeness (QED) is 0.633. The minimum absolute atomic E-state index is 0.105. The molecule has 2 rings (SSSR count). The highest BCUT2D eigenvalue weighted by Crippen LogP contribution is 2.18. The summed E-state index contributed by atoms with van der Waals surface area (Å²) < 4.78 is 10.7. The molecule has 2 atom stereocenters. The van der Waals surface area contributed by atoms with E-state index in [1.807, 2.05) is 0 Å². The van der Waals surface area contributed by atoms with E-state index in [4.69, 9.17) is 15.2 Å². The van der Waals surface area contributed by atoms with Crippen molar-refractivity contribution in [3.05, 3.63) is 0 Å². The summed E-state index contributed by atoms with van der Waals surface area (Å²) in [6, 6.07) is 0. The number of likely N-dealkylation sites (tertiary alicyclic amines) is 1. The zero-order valence-corrected chi connectivity index (χ0v) is 8.97. The van der Waals surface area contributed by atoms with Crippen LogP contribution in [0.15, 0.2) is 0 Å². The number of β-amino-alcohol motifs (C(OH)–C–C–N with tert-alkyl or cyclic N) is 1. The number of piperidine rings is 1. The summed E-state index contributed by atoms with van der Waals surface area (Å²) in [5.41, 5.74) is 5.57. The normalized spacial score (nSPS) is 34.8. The van der Waals surface area contributed by atoms with E-state index in [2.05, 4.69) is 4.90 Å². The van der Waals surface area contributed by atoms with Crippen LogP contribution in [-0.4, -0.2) is 61.8 Å². The molecule has 0 aliphatic carbocycles. The van der Waals surface area contributed by atoms with Gasteiger partial charge in [-0.2, -0.15) is 0 Å². The van der Waals surface area contributed by atoms with Crippen LogP contribution in [0.4, 0.5) is 0 Å². The Morgan fingerprint density at radius 2 is 2.07 bits per heavy atom. The molecular weight excluding hydrogens is 196 g/mol. The molecule has 5 heteroatoms. The number of hydrogen-bond acceptors (Lipinski definition) is 5. The van der Waals surface area contributed by atoms with Crippen molar-refractivity contribution in [2.24, 2.45) is 11.7 Å². The molecule has 0 aromatic rings. The molecule has 0 bridgehead atoms. The third-order valence-corrected chi connectivity index (χ3v) is 3.21. The fourth-order valence-electron chi connectivity index (χ4n) is 2.21. The second kappa shape index (κ2) is 5.23. The van der Waals surface area contributed by atoms with Gasteiger partial charge >= 0.3 is 0 Å². The van der Waals surface area contributed by atoms with E-state index >= 15 is 0 Å². The van der Waals surface area contributed by atoms with Crippen LogP contribution >= 0.6 is 0 Å². The minimum Gasteiger partial charge on any atom is -0.391 e. The van der Waals surface area contributed by atoms with Crippen LogP contribution in [0.3, 0.4) is 0 Å².